The molecule has 2 amide bonds. The summed E-state index contributed by atoms with van der Waals surface area (Å²) in [4.78, 5) is 24.9. The van der Waals surface area contributed by atoms with E-state index in [4.69, 9.17) is 4.74 Å². The Hall–Kier alpha value is -2.32. The molecule has 1 heterocycles. The van der Waals surface area contributed by atoms with Crippen LogP contribution in [0.3, 0.4) is 0 Å². The summed E-state index contributed by atoms with van der Waals surface area (Å²) in [6.07, 6.45) is 1.49. The maximum Gasteiger partial charge on any atom is 0.475 e. The predicted molar refractivity (Wildman–Crippen MR) is 88.9 cm³/mol. The third-order valence-corrected chi connectivity index (χ3v) is 3.97. The molecule has 0 aliphatic carbocycles. The van der Waals surface area contributed by atoms with Crippen molar-refractivity contribution in [2.24, 2.45) is 0 Å². The number of hydrogen-bond donors (Lipinski definition) is 3. The van der Waals surface area contributed by atoms with Crippen molar-refractivity contribution in [2.75, 3.05) is 13.2 Å². The summed E-state index contributed by atoms with van der Waals surface area (Å²) in [6, 6.07) is 9.01. The molecular formula is C16H21BN2O5. The molecule has 8 heteroatoms. The number of carbonyl (C=O) groups excluding carboxylic acids is 2. The third kappa shape index (κ3) is 4.84. The summed E-state index contributed by atoms with van der Waals surface area (Å²) in [5, 5.41) is 21.3. The second kappa shape index (κ2) is 8.51. The van der Waals surface area contributed by atoms with Gasteiger partial charge in [0.05, 0.1) is 12.0 Å². The van der Waals surface area contributed by atoms with Gasteiger partial charge in [0, 0.05) is 6.54 Å². The highest BCUT2D eigenvalue weighted by molar-refractivity contribution is 6.43. The minimum atomic E-state index is -1.71. The van der Waals surface area contributed by atoms with Gasteiger partial charge in [0.25, 0.3) is 0 Å². The molecule has 2 atom stereocenters. The van der Waals surface area contributed by atoms with Crippen LogP contribution in [0.2, 0.25) is 0 Å². The number of nitrogens with one attached hydrogen (secondary N) is 1. The minimum absolute atomic E-state index is 0.0605. The number of ether oxygens (including phenoxy) is 1. The lowest BCUT2D eigenvalue weighted by Crippen LogP contribution is -2.54. The number of hydrogen-bond acceptors (Lipinski definition) is 5. The van der Waals surface area contributed by atoms with Gasteiger partial charge in [-0.1, -0.05) is 36.9 Å². The average Bonchev–Trinajstić information content (AvgIpc) is 2.54. The first-order valence-electron chi connectivity index (χ1n) is 7.77. The van der Waals surface area contributed by atoms with Crippen molar-refractivity contribution in [3.8, 4) is 0 Å². The Kier molecular flexibility index (Phi) is 6.40. The smallest absolute Gasteiger partial charge is 0.447 e. The Bertz CT molecular complexity index is 581. The molecule has 128 valence electrons. The van der Waals surface area contributed by atoms with Gasteiger partial charge in [0.1, 0.15) is 6.61 Å². The first-order chi connectivity index (χ1) is 11.5. The lowest BCUT2D eigenvalue weighted by Gasteiger charge is -2.39. The molecule has 0 spiro atoms. The molecular weight excluding hydrogens is 311 g/mol. The van der Waals surface area contributed by atoms with Crippen molar-refractivity contribution in [2.45, 2.75) is 24.8 Å². The van der Waals surface area contributed by atoms with Gasteiger partial charge < -0.3 is 25.0 Å². The van der Waals surface area contributed by atoms with Crippen LogP contribution in [-0.2, 0) is 16.0 Å². The molecule has 0 bridgehead atoms. The summed E-state index contributed by atoms with van der Waals surface area (Å²) in [5.41, 5.74) is 0.859. The molecule has 0 radical (unpaired) electrons. The molecule has 3 N–H and O–H groups in total. The highest BCUT2D eigenvalue weighted by Gasteiger charge is 2.32. The van der Waals surface area contributed by atoms with Crippen LogP contribution < -0.4 is 5.32 Å². The van der Waals surface area contributed by atoms with Crippen LogP contribution in [0.5, 0.6) is 0 Å². The molecule has 1 aromatic carbocycles. The van der Waals surface area contributed by atoms with E-state index in [9.17, 15) is 19.6 Å². The quantitative estimate of drug-likeness (QED) is 0.487. The number of likely N-dealkylation sites (tertiary alicyclic amines) is 1. The van der Waals surface area contributed by atoms with Gasteiger partial charge in [0.15, 0.2) is 0 Å². The molecule has 2 unspecified atom stereocenters. The van der Waals surface area contributed by atoms with Crippen LogP contribution in [0.25, 0.3) is 0 Å². The van der Waals surface area contributed by atoms with Gasteiger partial charge in [-0.05, 0) is 24.5 Å². The van der Waals surface area contributed by atoms with Gasteiger partial charge in [-0.15, -0.1) is 0 Å². The zero-order valence-electron chi connectivity index (χ0n) is 13.3. The van der Waals surface area contributed by atoms with E-state index in [1.165, 1.54) is 6.08 Å². The summed E-state index contributed by atoms with van der Waals surface area (Å²) in [7, 11) is -1.71. The summed E-state index contributed by atoms with van der Waals surface area (Å²) in [6.45, 7) is 4.10. The fourth-order valence-corrected chi connectivity index (χ4v) is 2.49. The number of rotatable bonds is 7. The van der Waals surface area contributed by atoms with E-state index < -0.39 is 19.2 Å². The third-order valence-electron chi connectivity index (χ3n) is 3.97. The number of alkyl carbamates (subject to hydrolysis) is 1. The number of amides is 2. The van der Waals surface area contributed by atoms with Crippen LogP contribution in [0.4, 0.5) is 4.79 Å². The topological polar surface area (TPSA) is 99.1 Å². The Balaban J connectivity index is 1.81. The Morgan fingerprint density at radius 1 is 1.42 bits per heavy atom. The molecule has 0 aromatic heterocycles. The summed E-state index contributed by atoms with van der Waals surface area (Å²) in [5.74, 6) is -1.07. The van der Waals surface area contributed by atoms with E-state index in [1.54, 1.807) is 4.90 Å². The van der Waals surface area contributed by atoms with Gasteiger partial charge in [0.2, 0.25) is 5.91 Å². The average molecular weight is 332 g/mol. The van der Waals surface area contributed by atoms with Crippen molar-refractivity contribution >= 4 is 19.1 Å². The first-order valence-corrected chi connectivity index (χ1v) is 7.77. The SMILES string of the molecule is C=CC(=O)N1CCC1COC(=O)NC(Cc1ccccc1)B(O)O. The fraction of sp³-hybridized carbons (Fsp3) is 0.375. The molecule has 1 fully saturated rings. The summed E-state index contributed by atoms with van der Waals surface area (Å²) >= 11 is 0. The van der Waals surface area contributed by atoms with E-state index >= 15 is 0 Å². The van der Waals surface area contributed by atoms with Gasteiger partial charge in [-0.2, -0.15) is 0 Å². The van der Waals surface area contributed by atoms with E-state index in [1.807, 2.05) is 30.3 Å². The molecule has 1 aliphatic rings. The molecule has 0 saturated carbocycles. The normalized spacial score (nSPS) is 17.4. The van der Waals surface area contributed by atoms with Crippen LogP contribution in [0.15, 0.2) is 43.0 Å². The van der Waals surface area contributed by atoms with Crippen LogP contribution >= 0.6 is 0 Å². The Labute approximate surface area is 141 Å². The largest absolute Gasteiger partial charge is 0.475 e. The Morgan fingerprint density at radius 3 is 2.67 bits per heavy atom. The maximum absolute atomic E-state index is 11.9. The number of carbonyl (C=O) groups is 2. The zero-order valence-corrected chi connectivity index (χ0v) is 13.3. The summed E-state index contributed by atoms with van der Waals surface area (Å²) < 4.78 is 5.09. The van der Waals surface area contributed by atoms with E-state index in [2.05, 4.69) is 11.9 Å². The first kappa shape index (κ1) is 18.0. The number of nitrogens with zero attached hydrogens (tertiary/aromatic N) is 1. The van der Waals surface area contributed by atoms with Gasteiger partial charge in [-0.25, -0.2) is 4.79 Å². The number of benzene rings is 1. The lowest BCUT2D eigenvalue weighted by atomic mass is 9.76. The molecule has 1 aromatic rings. The van der Waals surface area contributed by atoms with Crippen LogP contribution in [-0.4, -0.2) is 59.2 Å². The van der Waals surface area contributed by atoms with Gasteiger partial charge in [-0.3, -0.25) is 4.79 Å². The monoisotopic (exact) mass is 332 g/mol. The zero-order chi connectivity index (χ0) is 17.5. The Morgan fingerprint density at radius 2 is 2.12 bits per heavy atom. The molecule has 24 heavy (non-hydrogen) atoms. The van der Waals surface area contributed by atoms with Crippen LogP contribution in [0, 0.1) is 0 Å². The highest BCUT2D eigenvalue weighted by atomic mass is 16.5. The predicted octanol–water partition coefficient (Wildman–Crippen LogP) is 0.123. The minimum Gasteiger partial charge on any atom is -0.447 e. The van der Waals surface area contributed by atoms with Crippen molar-refractivity contribution in [3.63, 3.8) is 0 Å². The van der Waals surface area contributed by atoms with Crippen molar-refractivity contribution in [1.82, 2.24) is 10.2 Å². The standard InChI is InChI=1S/C16H21BN2O5/c1-2-15(20)19-9-8-13(19)11-24-16(21)18-14(17(22)23)10-12-6-4-3-5-7-12/h2-7,13-14,22-23H,1,8-11H2,(H,18,21). The van der Waals surface area contributed by atoms with Gasteiger partial charge >= 0.3 is 13.2 Å². The van der Waals surface area contributed by atoms with Crippen molar-refractivity contribution in [3.05, 3.63) is 48.6 Å². The van der Waals surface area contributed by atoms with Crippen LogP contribution in [0.1, 0.15) is 12.0 Å². The van der Waals surface area contributed by atoms with E-state index in [0.29, 0.717) is 6.54 Å². The van der Waals surface area contributed by atoms with Crippen molar-refractivity contribution in [1.29, 1.82) is 0 Å². The lowest BCUT2D eigenvalue weighted by molar-refractivity contribution is -0.134. The molecule has 2 rings (SSSR count). The van der Waals surface area contributed by atoms with E-state index in [0.717, 1.165) is 12.0 Å². The second-order valence-electron chi connectivity index (χ2n) is 5.63. The molecule has 1 saturated heterocycles. The highest BCUT2D eigenvalue weighted by Crippen LogP contribution is 2.18. The maximum atomic E-state index is 11.9. The van der Waals surface area contributed by atoms with Crippen molar-refractivity contribution < 1.29 is 24.4 Å². The molecule has 1 aliphatic heterocycles. The fourth-order valence-electron chi connectivity index (χ4n) is 2.49. The second-order valence-corrected chi connectivity index (χ2v) is 5.63. The van der Waals surface area contributed by atoms with E-state index in [-0.39, 0.29) is 25.0 Å². The molecule has 7 nitrogen and oxygen atoms in total.